The summed E-state index contributed by atoms with van der Waals surface area (Å²) in [5.41, 5.74) is 0.491. The van der Waals surface area contributed by atoms with Crippen LogP contribution < -0.4 is 15.5 Å². The fourth-order valence-electron chi connectivity index (χ4n) is 1.02. The molecule has 10 nitrogen and oxygen atoms in total. The fourth-order valence-corrected chi connectivity index (χ4v) is 1.18. The standard InChI is InChI=1S/C8H9ClN4O2.C4H4O4/c9-3-5-13(12-15)8(14)11-7-2-1-4-10-6-7;5-3(6)1-2-4(7)8/h1-2,4,6H,3,5H2,(H,11,14);1-2H,(H,5,6)(H,7,8)/p-2/b;2-1+. The summed E-state index contributed by atoms with van der Waals surface area (Å²) in [6.45, 7) is 0.0666. The Morgan fingerprint density at radius 1 is 1.30 bits per heavy atom. The van der Waals surface area contributed by atoms with E-state index in [0.717, 1.165) is 0 Å². The lowest BCUT2D eigenvalue weighted by Gasteiger charge is -2.12. The molecule has 0 radical (unpaired) electrons. The van der Waals surface area contributed by atoms with E-state index in [9.17, 15) is 29.5 Å². The molecule has 0 unspecified atom stereocenters. The van der Waals surface area contributed by atoms with Crippen molar-refractivity contribution < 1.29 is 24.6 Å². The van der Waals surface area contributed by atoms with Crippen LogP contribution >= 0.6 is 11.6 Å². The van der Waals surface area contributed by atoms with Crippen LogP contribution in [0.15, 0.2) is 42.0 Å². The van der Waals surface area contributed by atoms with Crippen LogP contribution in [0.2, 0.25) is 0 Å². The molecule has 0 aromatic carbocycles. The van der Waals surface area contributed by atoms with Gasteiger partial charge in [0, 0.05) is 12.1 Å². The maximum absolute atomic E-state index is 11.4. The second-order valence-corrected chi connectivity index (χ2v) is 3.91. The quantitative estimate of drug-likeness (QED) is 0.297. The molecule has 0 saturated carbocycles. The Labute approximate surface area is 135 Å². The number of urea groups is 1. The van der Waals surface area contributed by atoms with Gasteiger partial charge in [-0.05, 0) is 24.3 Å². The lowest BCUT2D eigenvalue weighted by molar-refractivity contribution is -0.301. The van der Waals surface area contributed by atoms with Crippen molar-refractivity contribution in [1.29, 1.82) is 0 Å². The monoisotopic (exact) mass is 342 g/mol. The normalized spacial score (nSPS) is 9.43. The highest BCUT2D eigenvalue weighted by Gasteiger charge is 2.12. The fraction of sp³-hybridized carbons (Fsp3) is 0.167. The van der Waals surface area contributed by atoms with Crippen molar-refractivity contribution in [2.75, 3.05) is 17.7 Å². The number of nitroso groups, excluding NO2 is 1. The molecular weight excluding hydrogens is 332 g/mol. The lowest BCUT2D eigenvalue weighted by Crippen LogP contribution is -2.31. The second-order valence-electron chi connectivity index (χ2n) is 3.54. The van der Waals surface area contributed by atoms with Crippen LogP contribution in [0.3, 0.4) is 0 Å². The van der Waals surface area contributed by atoms with Crippen molar-refractivity contribution in [3.63, 3.8) is 0 Å². The SMILES string of the molecule is O=C([O-])/C=C/C(=O)[O-].O=NN(CCCl)C(=O)Nc1cccnc1. The Balaban J connectivity index is 0.000000515. The molecule has 0 saturated heterocycles. The van der Waals surface area contributed by atoms with Crippen molar-refractivity contribution in [1.82, 2.24) is 9.99 Å². The summed E-state index contributed by atoms with van der Waals surface area (Å²) >= 11 is 5.39. The number of aromatic nitrogens is 1. The number of hydrogen-bond acceptors (Lipinski definition) is 8. The number of carboxylic acids is 2. The molecule has 1 rings (SSSR count). The maximum atomic E-state index is 11.4. The number of hydrogen-bond donors (Lipinski definition) is 1. The van der Waals surface area contributed by atoms with E-state index in [-0.39, 0.29) is 12.4 Å². The van der Waals surface area contributed by atoms with E-state index in [0.29, 0.717) is 22.8 Å². The summed E-state index contributed by atoms with van der Waals surface area (Å²) in [6, 6.07) is 2.68. The first-order chi connectivity index (χ1) is 10.9. The van der Waals surface area contributed by atoms with Crippen molar-refractivity contribution in [2.24, 2.45) is 5.29 Å². The van der Waals surface area contributed by atoms with Gasteiger partial charge < -0.3 is 25.1 Å². The average Bonchev–Trinajstić information content (AvgIpc) is 2.52. The number of anilines is 1. The van der Waals surface area contributed by atoms with E-state index < -0.39 is 18.0 Å². The highest BCUT2D eigenvalue weighted by molar-refractivity contribution is 6.18. The number of nitrogens with zero attached hydrogens (tertiary/aromatic N) is 3. The van der Waals surface area contributed by atoms with Gasteiger partial charge in [-0.3, -0.25) is 4.98 Å². The molecule has 1 heterocycles. The van der Waals surface area contributed by atoms with Crippen molar-refractivity contribution in [2.45, 2.75) is 0 Å². The first kappa shape index (κ1) is 20.0. The third-order valence-electron chi connectivity index (χ3n) is 1.90. The third kappa shape index (κ3) is 10.4. The zero-order valence-corrected chi connectivity index (χ0v) is 12.3. The van der Waals surface area contributed by atoms with Gasteiger partial charge in [0.1, 0.15) is 0 Å². The number of carbonyl (C=O) groups is 3. The van der Waals surface area contributed by atoms with Gasteiger partial charge in [-0.1, -0.05) is 0 Å². The van der Waals surface area contributed by atoms with Gasteiger partial charge in [0.05, 0.1) is 35.7 Å². The summed E-state index contributed by atoms with van der Waals surface area (Å²) in [5.74, 6) is -2.95. The van der Waals surface area contributed by atoms with Crippen LogP contribution in [-0.2, 0) is 9.59 Å². The molecular formula is C12H11ClN4O6-2. The summed E-state index contributed by atoms with van der Waals surface area (Å²) in [6.07, 6.45) is 3.80. The number of alkyl halides is 1. The van der Waals surface area contributed by atoms with E-state index in [1.54, 1.807) is 18.3 Å². The van der Waals surface area contributed by atoms with Crippen LogP contribution in [0.25, 0.3) is 0 Å². The van der Waals surface area contributed by atoms with E-state index in [1.165, 1.54) is 6.20 Å². The molecule has 23 heavy (non-hydrogen) atoms. The summed E-state index contributed by atoms with van der Waals surface area (Å²) in [4.78, 5) is 44.3. The second kappa shape index (κ2) is 11.6. The Hall–Kier alpha value is -3.01. The number of nitrogens with one attached hydrogen (secondary N) is 1. The van der Waals surface area contributed by atoms with Crippen molar-refractivity contribution >= 4 is 35.3 Å². The van der Waals surface area contributed by atoms with Gasteiger partial charge in [-0.15, -0.1) is 16.5 Å². The predicted molar refractivity (Wildman–Crippen MR) is 75.6 cm³/mol. The number of carboxylic acid groups (broad SMARTS) is 2. The minimum Gasteiger partial charge on any atom is -0.545 e. The zero-order valence-electron chi connectivity index (χ0n) is 11.5. The van der Waals surface area contributed by atoms with Gasteiger partial charge in [-0.25, -0.2) is 4.79 Å². The molecule has 124 valence electrons. The molecule has 1 N–H and O–H groups in total. The topological polar surface area (TPSA) is 155 Å². The first-order valence-corrected chi connectivity index (χ1v) is 6.42. The Bertz CT molecular complexity index is 550. The Kier molecular flexibility index (Phi) is 10.1. The molecule has 0 bridgehead atoms. The molecule has 1 aromatic heterocycles. The van der Waals surface area contributed by atoms with E-state index in [2.05, 4.69) is 15.6 Å². The minimum atomic E-state index is -1.55. The first-order valence-electron chi connectivity index (χ1n) is 5.88. The Morgan fingerprint density at radius 2 is 1.91 bits per heavy atom. The van der Waals surface area contributed by atoms with Crippen molar-refractivity contribution in [3.05, 3.63) is 41.6 Å². The number of amides is 2. The molecule has 2 amide bonds. The highest BCUT2D eigenvalue weighted by Crippen LogP contribution is 2.04. The van der Waals surface area contributed by atoms with Gasteiger partial charge in [0.2, 0.25) is 0 Å². The van der Waals surface area contributed by atoms with E-state index in [1.807, 2.05) is 0 Å². The largest absolute Gasteiger partial charge is 0.545 e. The van der Waals surface area contributed by atoms with Crippen LogP contribution in [0.4, 0.5) is 10.5 Å². The van der Waals surface area contributed by atoms with E-state index in [4.69, 9.17) is 11.6 Å². The number of pyridine rings is 1. The molecule has 0 aliphatic carbocycles. The van der Waals surface area contributed by atoms with Gasteiger partial charge >= 0.3 is 6.03 Å². The highest BCUT2D eigenvalue weighted by atomic mass is 35.5. The van der Waals surface area contributed by atoms with Crippen LogP contribution in [-0.4, -0.2) is 40.4 Å². The third-order valence-corrected chi connectivity index (χ3v) is 2.07. The summed E-state index contributed by atoms with van der Waals surface area (Å²) in [7, 11) is 0. The van der Waals surface area contributed by atoms with Gasteiger partial charge in [0.25, 0.3) is 0 Å². The van der Waals surface area contributed by atoms with Crippen LogP contribution in [0.5, 0.6) is 0 Å². The smallest absolute Gasteiger partial charge is 0.344 e. The summed E-state index contributed by atoms with van der Waals surface area (Å²) < 4.78 is 0. The van der Waals surface area contributed by atoms with Crippen LogP contribution in [0.1, 0.15) is 0 Å². The maximum Gasteiger partial charge on any atom is 0.344 e. The number of halogens is 1. The summed E-state index contributed by atoms with van der Waals surface area (Å²) in [5, 5.41) is 24.5. The Morgan fingerprint density at radius 3 is 2.30 bits per heavy atom. The number of carbonyl (C=O) groups excluding carboxylic acids is 3. The minimum absolute atomic E-state index is 0.0666. The zero-order chi connectivity index (χ0) is 17.7. The lowest BCUT2D eigenvalue weighted by atomic mass is 10.4. The van der Waals surface area contributed by atoms with Gasteiger partial charge in [-0.2, -0.15) is 5.01 Å². The molecule has 0 atom stereocenters. The molecule has 0 spiro atoms. The molecule has 11 heteroatoms. The molecule has 0 fully saturated rings. The number of rotatable bonds is 6. The predicted octanol–water partition coefficient (Wildman–Crippen LogP) is -1.12. The molecule has 1 aromatic rings. The van der Waals surface area contributed by atoms with Gasteiger partial charge in [0.15, 0.2) is 0 Å². The van der Waals surface area contributed by atoms with Crippen molar-refractivity contribution in [3.8, 4) is 0 Å². The van der Waals surface area contributed by atoms with E-state index >= 15 is 0 Å². The van der Waals surface area contributed by atoms with Crippen LogP contribution in [0, 0.1) is 4.91 Å². The average molecular weight is 343 g/mol. The number of aliphatic carboxylic acids is 2. The molecule has 0 aliphatic heterocycles. The molecule has 0 aliphatic rings.